The largest absolute Gasteiger partial charge is 0.494 e. The number of rotatable bonds is 10. The third-order valence-electron chi connectivity index (χ3n) is 4.83. The van der Waals surface area contributed by atoms with Crippen LogP contribution >= 0.6 is 0 Å². The lowest BCUT2D eigenvalue weighted by atomic mass is 9.98. The predicted octanol–water partition coefficient (Wildman–Crippen LogP) is 3.95. The molecular formula is C25H27NO5. The van der Waals surface area contributed by atoms with Crippen LogP contribution in [0.15, 0.2) is 66.7 Å². The van der Waals surface area contributed by atoms with E-state index in [0.717, 1.165) is 22.3 Å². The highest BCUT2D eigenvalue weighted by atomic mass is 16.5. The van der Waals surface area contributed by atoms with Crippen molar-refractivity contribution in [3.8, 4) is 22.6 Å². The number of hydrogen-bond acceptors (Lipinski definition) is 5. The van der Waals surface area contributed by atoms with Crippen molar-refractivity contribution in [1.82, 2.24) is 0 Å². The summed E-state index contributed by atoms with van der Waals surface area (Å²) in [6.45, 7) is 2.59. The van der Waals surface area contributed by atoms with Crippen LogP contribution in [-0.4, -0.2) is 29.4 Å². The lowest BCUT2D eigenvalue weighted by molar-refractivity contribution is -0.136. The van der Waals surface area contributed by atoms with E-state index in [-0.39, 0.29) is 19.6 Å². The van der Waals surface area contributed by atoms with Gasteiger partial charge in [-0.25, -0.2) is 0 Å². The van der Waals surface area contributed by atoms with Crippen molar-refractivity contribution in [3.63, 3.8) is 0 Å². The third-order valence-corrected chi connectivity index (χ3v) is 4.83. The molecule has 0 aliphatic heterocycles. The summed E-state index contributed by atoms with van der Waals surface area (Å²) in [7, 11) is 0. The predicted molar refractivity (Wildman–Crippen MR) is 119 cm³/mol. The molecule has 6 nitrogen and oxygen atoms in total. The van der Waals surface area contributed by atoms with E-state index in [4.69, 9.17) is 20.3 Å². The minimum Gasteiger partial charge on any atom is -0.494 e. The van der Waals surface area contributed by atoms with Gasteiger partial charge in [0.25, 0.3) is 0 Å². The fourth-order valence-electron chi connectivity index (χ4n) is 3.33. The lowest BCUT2D eigenvalue weighted by Crippen LogP contribution is -2.14. The molecule has 1 atom stereocenters. The molecule has 3 rings (SSSR count). The zero-order valence-electron chi connectivity index (χ0n) is 17.5. The second-order valence-electron chi connectivity index (χ2n) is 7.18. The van der Waals surface area contributed by atoms with E-state index in [2.05, 4.69) is 0 Å². The molecule has 3 aromatic rings. The van der Waals surface area contributed by atoms with Gasteiger partial charge >= 0.3 is 5.97 Å². The van der Waals surface area contributed by atoms with E-state index < -0.39 is 12.0 Å². The van der Waals surface area contributed by atoms with Gasteiger partial charge < -0.3 is 25.4 Å². The summed E-state index contributed by atoms with van der Waals surface area (Å²) in [5, 5.41) is 18.5. The average molecular weight is 421 g/mol. The van der Waals surface area contributed by atoms with Crippen LogP contribution in [0.1, 0.15) is 29.7 Å². The number of aliphatic carboxylic acids is 1. The van der Waals surface area contributed by atoms with Gasteiger partial charge in [-0.1, -0.05) is 36.4 Å². The fraction of sp³-hybridized carbons (Fsp3) is 0.240. The molecule has 0 spiro atoms. The Morgan fingerprint density at radius 2 is 1.81 bits per heavy atom. The van der Waals surface area contributed by atoms with Crippen molar-refractivity contribution in [1.29, 1.82) is 0 Å². The summed E-state index contributed by atoms with van der Waals surface area (Å²) in [5.74, 6) is 0.358. The van der Waals surface area contributed by atoms with Gasteiger partial charge in [-0.2, -0.15) is 0 Å². The van der Waals surface area contributed by atoms with E-state index in [1.165, 1.54) is 0 Å². The maximum absolute atomic E-state index is 11.1. The zero-order valence-corrected chi connectivity index (χ0v) is 17.5. The first-order chi connectivity index (χ1) is 15.0. The van der Waals surface area contributed by atoms with Gasteiger partial charge in [-0.3, -0.25) is 4.79 Å². The number of nitrogens with two attached hydrogens (primary N) is 1. The molecule has 6 heteroatoms. The van der Waals surface area contributed by atoms with Gasteiger partial charge in [-0.05, 0) is 59.5 Å². The van der Waals surface area contributed by atoms with Crippen molar-refractivity contribution in [2.24, 2.45) is 5.73 Å². The molecular weight excluding hydrogens is 394 g/mol. The second-order valence-corrected chi connectivity index (χ2v) is 7.18. The Balaban J connectivity index is 1.89. The minimum atomic E-state index is -0.905. The van der Waals surface area contributed by atoms with Crippen LogP contribution in [0, 0.1) is 0 Å². The monoisotopic (exact) mass is 421 g/mol. The highest BCUT2D eigenvalue weighted by Crippen LogP contribution is 2.29. The number of carboxylic acid groups (broad SMARTS) is 1. The standard InChI is InChI=1S/C25H27NO5/c1-2-30-22-11-17(16-31-24-9-4-3-6-20(24)14-25(28)29)10-21(13-22)18-7-5-8-19(12-18)23(26)15-27/h3-13,23,27H,2,14-16,26H2,1H3,(H,28,29)/t23-/m1/s1. The number of hydrogen-bond donors (Lipinski definition) is 3. The van der Waals surface area contributed by atoms with Gasteiger partial charge in [0, 0.05) is 5.56 Å². The van der Waals surface area contributed by atoms with Crippen LogP contribution in [0.2, 0.25) is 0 Å². The molecule has 0 saturated carbocycles. The molecule has 0 unspecified atom stereocenters. The molecule has 162 valence electrons. The van der Waals surface area contributed by atoms with Crippen LogP contribution in [0.25, 0.3) is 11.1 Å². The minimum absolute atomic E-state index is 0.0989. The van der Waals surface area contributed by atoms with Crippen molar-refractivity contribution in [2.45, 2.75) is 26.0 Å². The van der Waals surface area contributed by atoms with E-state index in [1.54, 1.807) is 18.2 Å². The van der Waals surface area contributed by atoms with E-state index in [9.17, 15) is 9.90 Å². The SMILES string of the molecule is CCOc1cc(COc2ccccc2CC(=O)O)cc(-c2cccc([C@H](N)CO)c2)c1. The molecule has 4 N–H and O–H groups in total. The maximum Gasteiger partial charge on any atom is 0.307 e. The molecule has 0 aliphatic carbocycles. The number of aliphatic hydroxyl groups excluding tert-OH is 1. The smallest absolute Gasteiger partial charge is 0.307 e. The Bertz CT molecular complexity index is 1030. The number of carboxylic acids is 1. The van der Waals surface area contributed by atoms with Gasteiger partial charge in [0.05, 0.1) is 25.7 Å². The number of aliphatic hydroxyl groups is 1. The van der Waals surface area contributed by atoms with Crippen LogP contribution in [0.4, 0.5) is 0 Å². The first-order valence-electron chi connectivity index (χ1n) is 10.2. The molecule has 0 amide bonds. The molecule has 0 radical (unpaired) electrons. The van der Waals surface area contributed by atoms with Crippen LogP contribution in [0.3, 0.4) is 0 Å². The van der Waals surface area contributed by atoms with Crippen molar-refractivity contribution in [2.75, 3.05) is 13.2 Å². The number of benzene rings is 3. The van der Waals surface area contributed by atoms with Crippen LogP contribution in [-0.2, 0) is 17.8 Å². The first kappa shape index (κ1) is 22.3. The highest BCUT2D eigenvalue weighted by Gasteiger charge is 2.11. The van der Waals surface area contributed by atoms with Crippen LogP contribution in [0.5, 0.6) is 11.5 Å². The topological polar surface area (TPSA) is 102 Å². The highest BCUT2D eigenvalue weighted by molar-refractivity contribution is 5.71. The number of para-hydroxylation sites is 1. The quantitative estimate of drug-likeness (QED) is 0.458. The average Bonchev–Trinajstić information content (AvgIpc) is 2.78. The Kier molecular flexibility index (Phi) is 7.65. The Morgan fingerprint density at radius 3 is 2.55 bits per heavy atom. The molecule has 0 saturated heterocycles. The van der Waals surface area contributed by atoms with Gasteiger partial charge in [0.15, 0.2) is 0 Å². The summed E-state index contributed by atoms with van der Waals surface area (Å²) < 4.78 is 11.7. The molecule has 0 bridgehead atoms. The van der Waals surface area contributed by atoms with E-state index >= 15 is 0 Å². The van der Waals surface area contributed by atoms with Crippen LogP contribution < -0.4 is 15.2 Å². The summed E-state index contributed by atoms with van der Waals surface area (Å²) in [6.07, 6.45) is -0.0989. The van der Waals surface area contributed by atoms with E-state index in [0.29, 0.717) is 23.7 Å². The van der Waals surface area contributed by atoms with Gasteiger partial charge in [0.2, 0.25) is 0 Å². The summed E-state index contributed by atoms with van der Waals surface area (Å²) >= 11 is 0. The number of ether oxygens (including phenoxy) is 2. The molecule has 0 aromatic heterocycles. The third kappa shape index (κ3) is 6.07. The molecule has 0 fully saturated rings. The van der Waals surface area contributed by atoms with Crippen molar-refractivity contribution in [3.05, 3.63) is 83.4 Å². The van der Waals surface area contributed by atoms with Gasteiger partial charge in [-0.15, -0.1) is 0 Å². The molecule has 31 heavy (non-hydrogen) atoms. The normalized spacial score (nSPS) is 11.7. The maximum atomic E-state index is 11.1. The molecule has 0 heterocycles. The Hall–Kier alpha value is -3.35. The Labute approximate surface area is 181 Å². The van der Waals surface area contributed by atoms with Crippen molar-refractivity contribution < 1.29 is 24.5 Å². The zero-order chi connectivity index (χ0) is 22.2. The van der Waals surface area contributed by atoms with Gasteiger partial charge in [0.1, 0.15) is 18.1 Å². The first-order valence-corrected chi connectivity index (χ1v) is 10.2. The summed E-state index contributed by atoms with van der Waals surface area (Å²) in [5.41, 5.74) is 10.2. The molecule has 3 aromatic carbocycles. The lowest BCUT2D eigenvalue weighted by Gasteiger charge is -2.15. The Morgan fingerprint density at radius 1 is 1.00 bits per heavy atom. The van der Waals surface area contributed by atoms with Crippen molar-refractivity contribution >= 4 is 5.97 Å². The summed E-state index contributed by atoms with van der Waals surface area (Å²) in [4.78, 5) is 11.1. The second kappa shape index (κ2) is 10.6. The van der Waals surface area contributed by atoms with E-state index in [1.807, 2.05) is 55.5 Å². The number of carbonyl (C=O) groups is 1. The fourth-order valence-corrected chi connectivity index (χ4v) is 3.33. The molecule has 0 aliphatic rings. The summed E-state index contributed by atoms with van der Waals surface area (Å²) in [6, 6.07) is 20.3.